The Morgan fingerprint density at radius 3 is 2.64 bits per heavy atom. The van der Waals surface area contributed by atoms with Gasteiger partial charge in [0.25, 0.3) is 0 Å². The molecule has 0 fully saturated rings. The quantitative estimate of drug-likeness (QED) is 0.741. The molecule has 3 nitrogen and oxygen atoms in total. The second-order valence-electron chi connectivity index (χ2n) is 2.07. The van der Waals surface area contributed by atoms with Gasteiger partial charge in [0.1, 0.15) is 5.82 Å². The SMILES string of the molecule is CCSCc1ncc(N)cn1. The Kier molecular flexibility index (Phi) is 3.16. The highest BCUT2D eigenvalue weighted by atomic mass is 32.2. The number of hydrogen-bond acceptors (Lipinski definition) is 4. The number of hydrogen-bond donors (Lipinski definition) is 1. The van der Waals surface area contributed by atoms with Crippen molar-refractivity contribution in [3.05, 3.63) is 18.2 Å². The van der Waals surface area contributed by atoms with Crippen LogP contribution in [0.15, 0.2) is 12.4 Å². The lowest BCUT2D eigenvalue weighted by atomic mass is 10.5. The van der Waals surface area contributed by atoms with E-state index in [0.29, 0.717) is 5.69 Å². The number of thioether (sulfide) groups is 1. The van der Waals surface area contributed by atoms with Crippen LogP contribution in [0, 0.1) is 0 Å². The monoisotopic (exact) mass is 169 g/mol. The minimum atomic E-state index is 0.621. The lowest BCUT2D eigenvalue weighted by Crippen LogP contribution is -1.94. The highest BCUT2D eigenvalue weighted by molar-refractivity contribution is 7.98. The maximum absolute atomic E-state index is 5.42. The Labute approximate surface area is 70.4 Å². The lowest BCUT2D eigenvalue weighted by Gasteiger charge is -1.96. The molecule has 0 atom stereocenters. The molecule has 11 heavy (non-hydrogen) atoms. The Hall–Kier alpha value is -0.770. The predicted molar refractivity (Wildman–Crippen MR) is 48.3 cm³/mol. The molecular weight excluding hydrogens is 158 g/mol. The zero-order valence-electron chi connectivity index (χ0n) is 6.45. The Morgan fingerprint density at radius 2 is 2.09 bits per heavy atom. The van der Waals surface area contributed by atoms with Crippen LogP contribution in [-0.4, -0.2) is 15.7 Å². The number of rotatable bonds is 3. The van der Waals surface area contributed by atoms with Crippen LogP contribution in [0.2, 0.25) is 0 Å². The summed E-state index contributed by atoms with van der Waals surface area (Å²) in [6.45, 7) is 2.11. The molecule has 0 amide bonds. The first-order valence-corrected chi connectivity index (χ1v) is 4.62. The molecule has 4 heteroatoms. The van der Waals surface area contributed by atoms with E-state index in [1.807, 2.05) is 0 Å². The summed E-state index contributed by atoms with van der Waals surface area (Å²) in [5.41, 5.74) is 6.04. The minimum Gasteiger partial charge on any atom is -0.396 e. The number of aromatic nitrogens is 2. The molecule has 1 heterocycles. The van der Waals surface area contributed by atoms with Gasteiger partial charge in [-0.05, 0) is 5.75 Å². The summed E-state index contributed by atoms with van der Waals surface area (Å²) in [5, 5.41) is 0. The van der Waals surface area contributed by atoms with Crippen molar-refractivity contribution in [2.24, 2.45) is 0 Å². The van der Waals surface area contributed by atoms with Crippen LogP contribution in [0.3, 0.4) is 0 Å². The first-order chi connectivity index (χ1) is 5.33. The van der Waals surface area contributed by atoms with Crippen molar-refractivity contribution in [1.29, 1.82) is 0 Å². The van der Waals surface area contributed by atoms with E-state index in [-0.39, 0.29) is 0 Å². The first-order valence-electron chi connectivity index (χ1n) is 3.47. The van der Waals surface area contributed by atoms with Gasteiger partial charge in [-0.2, -0.15) is 11.8 Å². The minimum absolute atomic E-state index is 0.621. The van der Waals surface area contributed by atoms with Gasteiger partial charge in [0.05, 0.1) is 23.8 Å². The molecule has 0 spiro atoms. The van der Waals surface area contributed by atoms with Gasteiger partial charge in [-0.3, -0.25) is 0 Å². The van der Waals surface area contributed by atoms with E-state index in [1.165, 1.54) is 0 Å². The van der Waals surface area contributed by atoms with Gasteiger partial charge in [-0.25, -0.2) is 9.97 Å². The average Bonchev–Trinajstić information content (AvgIpc) is 2.04. The van der Waals surface area contributed by atoms with Crippen LogP contribution in [0.5, 0.6) is 0 Å². The fraction of sp³-hybridized carbons (Fsp3) is 0.429. The second kappa shape index (κ2) is 4.18. The Balaban J connectivity index is 2.52. The molecule has 0 saturated carbocycles. The van der Waals surface area contributed by atoms with Crippen molar-refractivity contribution in [1.82, 2.24) is 9.97 Å². The second-order valence-corrected chi connectivity index (χ2v) is 3.34. The molecule has 0 aromatic carbocycles. The highest BCUT2D eigenvalue weighted by Crippen LogP contribution is 2.07. The van der Waals surface area contributed by atoms with Crippen LogP contribution in [0.25, 0.3) is 0 Å². The average molecular weight is 169 g/mol. The third kappa shape index (κ3) is 2.76. The molecule has 1 aromatic heterocycles. The van der Waals surface area contributed by atoms with Crippen LogP contribution in [0.4, 0.5) is 5.69 Å². The molecular formula is C7H11N3S. The molecule has 0 bridgehead atoms. The van der Waals surface area contributed by atoms with E-state index in [1.54, 1.807) is 24.2 Å². The van der Waals surface area contributed by atoms with E-state index in [0.717, 1.165) is 17.3 Å². The van der Waals surface area contributed by atoms with E-state index < -0.39 is 0 Å². The topological polar surface area (TPSA) is 51.8 Å². The standard InChI is InChI=1S/C7H11N3S/c1-2-11-5-7-9-3-6(8)4-10-7/h3-4H,2,5,8H2,1H3. The van der Waals surface area contributed by atoms with Gasteiger partial charge >= 0.3 is 0 Å². The predicted octanol–water partition coefficient (Wildman–Crippen LogP) is 1.31. The normalized spacial score (nSPS) is 9.91. The van der Waals surface area contributed by atoms with Crippen LogP contribution < -0.4 is 5.73 Å². The van der Waals surface area contributed by atoms with Crippen molar-refractivity contribution < 1.29 is 0 Å². The highest BCUT2D eigenvalue weighted by Gasteiger charge is 1.93. The molecule has 1 aromatic rings. The number of nitrogens with two attached hydrogens (primary N) is 1. The van der Waals surface area contributed by atoms with Gasteiger partial charge in [0.2, 0.25) is 0 Å². The van der Waals surface area contributed by atoms with E-state index in [4.69, 9.17) is 5.73 Å². The number of anilines is 1. The largest absolute Gasteiger partial charge is 0.396 e. The fourth-order valence-electron chi connectivity index (χ4n) is 0.633. The van der Waals surface area contributed by atoms with E-state index >= 15 is 0 Å². The number of nitrogen functional groups attached to an aromatic ring is 1. The maximum atomic E-state index is 5.42. The van der Waals surface area contributed by atoms with Crippen molar-refractivity contribution in [2.75, 3.05) is 11.5 Å². The van der Waals surface area contributed by atoms with Gasteiger partial charge in [-0.1, -0.05) is 6.92 Å². The fourth-order valence-corrected chi connectivity index (χ4v) is 1.17. The van der Waals surface area contributed by atoms with Crippen LogP contribution in [0.1, 0.15) is 12.7 Å². The van der Waals surface area contributed by atoms with Crippen molar-refractivity contribution in [3.63, 3.8) is 0 Å². The van der Waals surface area contributed by atoms with Crippen molar-refractivity contribution >= 4 is 17.4 Å². The molecule has 1 rings (SSSR count). The summed E-state index contributed by atoms with van der Waals surface area (Å²) in [7, 11) is 0. The molecule has 0 aliphatic rings. The molecule has 0 saturated heterocycles. The Morgan fingerprint density at radius 1 is 1.45 bits per heavy atom. The Bertz CT molecular complexity index is 209. The molecule has 0 radical (unpaired) electrons. The molecule has 0 unspecified atom stereocenters. The zero-order valence-corrected chi connectivity index (χ0v) is 7.27. The van der Waals surface area contributed by atoms with Crippen molar-refractivity contribution in [3.8, 4) is 0 Å². The maximum Gasteiger partial charge on any atom is 0.138 e. The first kappa shape index (κ1) is 8.33. The number of nitrogens with zero attached hydrogens (tertiary/aromatic N) is 2. The summed E-state index contributed by atoms with van der Waals surface area (Å²) in [5.74, 6) is 2.82. The summed E-state index contributed by atoms with van der Waals surface area (Å²) in [6, 6.07) is 0. The van der Waals surface area contributed by atoms with Gasteiger partial charge in [0, 0.05) is 0 Å². The van der Waals surface area contributed by atoms with Crippen LogP contribution in [-0.2, 0) is 5.75 Å². The lowest BCUT2D eigenvalue weighted by molar-refractivity contribution is 1.04. The summed E-state index contributed by atoms with van der Waals surface area (Å²) in [4.78, 5) is 8.12. The van der Waals surface area contributed by atoms with Gasteiger partial charge in [-0.15, -0.1) is 0 Å². The summed E-state index contributed by atoms with van der Waals surface area (Å²) in [6.07, 6.45) is 3.27. The zero-order chi connectivity index (χ0) is 8.10. The smallest absolute Gasteiger partial charge is 0.138 e. The third-order valence-electron chi connectivity index (χ3n) is 1.16. The van der Waals surface area contributed by atoms with Crippen LogP contribution >= 0.6 is 11.8 Å². The summed E-state index contributed by atoms with van der Waals surface area (Å²) >= 11 is 1.80. The molecule has 60 valence electrons. The summed E-state index contributed by atoms with van der Waals surface area (Å²) < 4.78 is 0. The van der Waals surface area contributed by atoms with Gasteiger partial charge < -0.3 is 5.73 Å². The molecule has 2 N–H and O–H groups in total. The molecule has 0 aliphatic carbocycles. The van der Waals surface area contributed by atoms with Crippen molar-refractivity contribution in [2.45, 2.75) is 12.7 Å². The van der Waals surface area contributed by atoms with E-state index in [2.05, 4.69) is 16.9 Å². The molecule has 0 aliphatic heterocycles. The third-order valence-corrected chi connectivity index (χ3v) is 2.03. The van der Waals surface area contributed by atoms with Gasteiger partial charge in [0.15, 0.2) is 0 Å². The van der Waals surface area contributed by atoms with E-state index in [9.17, 15) is 0 Å².